The number of hydrogen-bond donors (Lipinski definition) is 1. The van der Waals surface area contributed by atoms with E-state index in [0.29, 0.717) is 12.2 Å². The molecule has 19 heavy (non-hydrogen) atoms. The van der Waals surface area contributed by atoms with Gasteiger partial charge in [0, 0.05) is 12.7 Å². The van der Waals surface area contributed by atoms with Crippen LogP contribution in [0.15, 0.2) is 24.3 Å². The molecule has 1 unspecified atom stereocenters. The molecule has 2 rings (SSSR count). The molecule has 1 saturated heterocycles. The van der Waals surface area contributed by atoms with Crippen LogP contribution >= 0.6 is 0 Å². The van der Waals surface area contributed by atoms with E-state index in [1.165, 1.54) is 18.2 Å². The Morgan fingerprint density at radius 1 is 1.53 bits per heavy atom. The summed E-state index contributed by atoms with van der Waals surface area (Å²) in [5.74, 6) is -1.40. The van der Waals surface area contributed by atoms with E-state index in [1.54, 1.807) is 6.07 Å². The van der Waals surface area contributed by atoms with Crippen molar-refractivity contribution in [3.05, 3.63) is 35.7 Å². The Labute approximate surface area is 110 Å². The smallest absolute Gasteiger partial charge is 0.328 e. The summed E-state index contributed by atoms with van der Waals surface area (Å²) in [5.41, 5.74) is 0.479. The first-order chi connectivity index (χ1) is 9.15. The summed E-state index contributed by atoms with van der Waals surface area (Å²) in [6.45, 7) is 1.20. The highest BCUT2D eigenvalue weighted by Crippen LogP contribution is 2.22. The lowest BCUT2D eigenvalue weighted by atomic mass is 10.1. The molecule has 0 aliphatic carbocycles. The van der Waals surface area contributed by atoms with Crippen LogP contribution in [0.25, 0.3) is 6.08 Å². The van der Waals surface area contributed by atoms with Gasteiger partial charge in [-0.15, -0.1) is 0 Å². The minimum absolute atomic E-state index is 0.122. The predicted molar refractivity (Wildman–Crippen MR) is 67.5 cm³/mol. The summed E-state index contributed by atoms with van der Waals surface area (Å²) >= 11 is 0. The first-order valence-electron chi connectivity index (χ1n) is 6.10. The van der Waals surface area contributed by atoms with E-state index in [1.807, 2.05) is 0 Å². The Bertz CT molecular complexity index is 478. The summed E-state index contributed by atoms with van der Waals surface area (Å²) in [5, 5.41) is 8.50. The SMILES string of the molecule is O=C(O)/C=C/c1ccc(OC2CCCOC2)c(F)c1. The average molecular weight is 266 g/mol. The van der Waals surface area contributed by atoms with Crippen LogP contribution in [0.5, 0.6) is 5.75 Å². The van der Waals surface area contributed by atoms with Gasteiger partial charge in [0.2, 0.25) is 0 Å². The molecule has 1 aliphatic heterocycles. The monoisotopic (exact) mass is 266 g/mol. The molecule has 1 aromatic carbocycles. The molecule has 1 heterocycles. The fraction of sp³-hybridized carbons (Fsp3) is 0.357. The van der Waals surface area contributed by atoms with Gasteiger partial charge < -0.3 is 14.6 Å². The number of carboxylic acids is 1. The van der Waals surface area contributed by atoms with Crippen LogP contribution in [0.1, 0.15) is 18.4 Å². The van der Waals surface area contributed by atoms with Gasteiger partial charge in [0.1, 0.15) is 6.10 Å². The zero-order valence-electron chi connectivity index (χ0n) is 10.3. The number of carboxylic acid groups (broad SMARTS) is 1. The maximum absolute atomic E-state index is 13.8. The van der Waals surface area contributed by atoms with E-state index in [0.717, 1.165) is 25.5 Å². The van der Waals surface area contributed by atoms with Gasteiger partial charge in [0.15, 0.2) is 11.6 Å². The third kappa shape index (κ3) is 4.06. The van der Waals surface area contributed by atoms with Crippen LogP contribution in [0.3, 0.4) is 0 Å². The minimum Gasteiger partial charge on any atom is -0.485 e. The van der Waals surface area contributed by atoms with Crippen LogP contribution in [-0.2, 0) is 9.53 Å². The molecule has 5 heteroatoms. The first kappa shape index (κ1) is 13.5. The Balaban J connectivity index is 2.04. The van der Waals surface area contributed by atoms with Gasteiger partial charge >= 0.3 is 5.97 Å². The molecule has 1 atom stereocenters. The van der Waals surface area contributed by atoms with Crippen molar-refractivity contribution in [2.45, 2.75) is 18.9 Å². The Kier molecular flexibility index (Phi) is 4.52. The van der Waals surface area contributed by atoms with E-state index in [-0.39, 0.29) is 11.9 Å². The van der Waals surface area contributed by atoms with Gasteiger partial charge in [0.05, 0.1) is 6.61 Å². The molecule has 0 radical (unpaired) electrons. The Hall–Kier alpha value is -1.88. The van der Waals surface area contributed by atoms with Crippen LogP contribution < -0.4 is 4.74 Å². The quantitative estimate of drug-likeness (QED) is 0.851. The topological polar surface area (TPSA) is 55.8 Å². The van der Waals surface area contributed by atoms with E-state index < -0.39 is 11.8 Å². The summed E-state index contributed by atoms with van der Waals surface area (Å²) in [6.07, 6.45) is 3.93. The molecular formula is C14H15FO4. The Morgan fingerprint density at radius 2 is 2.37 bits per heavy atom. The summed E-state index contributed by atoms with van der Waals surface area (Å²) in [4.78, 5) is 10.4. The summed E-state index contributed by atoms with van der Waals surface area (Å²) in [6, 6.07) is 4.37. The molecule has 0 spiro atoms. The maximum Gasteiger partial charge on any atom is 0.328 e. The highest BCUT2D eigenvalue weighted by atomic mass is 19.1. The van der Waals surface area contributed by atoms with E-state index >= 15 is 0 Å². The molecule has 0 saturated carbocycles. The van der Waals surface area contributed by atoms with Crippen LogP contribution in [-0.4, -0.2) is 30.4 Å². The number of rotatable bonds is 4. The van der Waals surface area contributed by atoms with Crippen LogP contribution in [0.2, 0.25) is 0 Å². The normalized spacial score (nSPS) is 19.5. The largest absolute Gasteiger partial charge is 0.485 e. The highest BCUT2D eigenvalue weighted by Gasteiger charge is 2.17. The van der Waals surface area contributed by atoms with Crippen molar-refractivity contribution in [2.24, 2.45) is 0 Å². The van der Waals surface area contributed by atoms with Crippen molar-refractivity contribution in [1.29, 1.82) is 0 Å². The van der Waals surface area contributed by atoms with Gasteiger partial charge in [-0.05, 0) is 36.6 Å². The number of ether oxygens (including phenoxy) is 2. The molecule has 1 aromatic rings. The molecular weight excluding hydrogens is 251 g/mol. The average Bonchev–Trinajstić information content (AvgIpc) is 2.40. The molecule has 1 aliphatic rings. The van der Waals surface area contributed by atoms with E-state index in [9.17, 15) is 9.18 Å². The van der Waals surface area contributed by atoms with Crippen molar-refractivity contribution in [3.63, 3.8) is 0 Å². The molecule has 1 N–H and O–H groups in total. The second-order valence-electron chi connectivity index (χ2n) is 4.32. The second kappa shape index (κ2) is 6.33. The third-order valence-corrected chi connectivity index (χ3v) is 2.79. The van der Waals surface area contributed by atoms with Crippen molar-refractivity contribution >= 4 is 12.0 Å². The third-order valence-electron chi connectivity index (χ3n) is 2.79. The number of halogens is 1. The van der Waals surface area contributed by atoms with Crippen molar-refractivity contribution in [3.8, 4) is 5.75 Å². The lowest BCUT2D eigenvalue weighted by Gasteiger charge is -2.23. The van der Waals surface area contributed by atoms with Gasteiger partial charge in [0.25, 0.3) is 0 Å². The molecule has 4 nitrogen and oxygen atoms in total. The van der Waals surface area contributed by atoms with E-state index in [2.05, 4.69) is 0 Å². The zero-order valence-corrected chi connectivity index (χ0v) is 10.3. The van der Waals surface area contributed by atoms with Crippen LogP contribution in [0.4, 0.5) is 4.39 Å². The van der Waals surface area contributed by atoms with E-state index in [4.69, 9.17) is 14.6 Å². The number of hydrogen-bond acceptors (Lipinski definition) is 3. The maximum atomic E-state index is 13.8. The lowest BCUT2D eigenvalue weighted by molar-refractivity contribution is -0.131. The summed E-state index contributed by atoms with van der Waals surface area (Å²) < 4.78 is 24.6. The molecule has 1 fully saturated rings. The van der Waals surface area contributed by atoms with Crippen molar-refractivity contribution in [2.75, 3.05) is 13.2 Å². The number of carbonyl (C=O) groups is 1. The van der Waals surface area contributed by atoms with Crippen molar-refractivity contribution in [1.82, 2.24) is 0 Å². The molecule has 0 bridgehead atoms. The Morgan fingerprint density at radius 3 is 3.00 bits per heavy atom. The fourth-order valence-corrected chi connectivity index (χ4v) is 1.87. The predicted octanol–water partition coefficient (Wildman–Crippen LogP) is 2.48. The molecule has 0 aromatic heterocycles. The first-order valence-corrected chi connectivity index (χ1v) is 6.10. The number of benzene rings is 1. The van der Waals surface area contributed by atoms with Gasteiger partial charge in [-0.1, -0.05) is 6.07 Å². The minimum atomic E-state index is -1.07. The molecule has 102 valence electrons. The van der Waals surface area contributed by atoms with Gasteiger partial charge in [-0.3, -0.25) is 0 Å². The highest BCUT2D eigenvalue weighted by molar-refractivity contribution is 5.85. The number of aliphatic carboxylic acids is 1. The standard InChI is InChI=1S/C14H15FO4/c15-12-8-10(4-6-14(16)17)3-5-13(12)19-11-2-1-7-18-9-11/h3-6,8,11H,1-2,7,9H2,(H,16,17)/b6-4+. The van der Waals surface area contributed by atoms with Crippen molar-refractivity contribution < 1.29 is 23.8 Å². The zero-order chi connectivity index (χ0) is 13.7. The lowest BCUT2D eigenvalue weighted by Crippen LogP contribution is -2.28. The second-order valence-corrected chi connectivity index (χ2v) is 4.32. The van der Waals surface area contributed by atoms with Gasteiger partial charge in [-0.25, -0.2) is 9.18 Å². The van der Waals surface area contributed by atoms with Gasteiger partial charge in [-0.2, -0.15) is 0 Å². The van der Waals surface area contributed by atoms with Crippen LogP contribution in [0, 0.1) is 5.82 Å². The summed E-state index contributed by atoms with van der Waals surface area (Å²) in [7, 11) is 0. The fourth-order valence-electron chi connectivity index (χ4n) is 1.87. The molecule has 0 amide bonds.